The Balaban J connectivity index is 1.98. The van der Waals surface area contributed by atoms with Gasteiger partial charge in [-0.05, 0) is 12.1 Å². The van der Waals surface area contributed by atoms with Crippen molar-refractivity contribution in [2.45, 2.75) is 13.2 Å². The minimum absolute atomic E-state index is 0.0337. The third-order valence-corrected chi connectivity index (χ3v) is 3.70. The SMILES string of the molecule is O=c1cc(OCc2ccc(F)cc2F)nc(CO)n1-c1c(F)cc(F)cc1F. The van der Waals surface area contributed by atoms with Gasteiger partial charge in [0.05, 0.1) is 6.07 Å². The van der Waals surface area contributed by atoms with Crippen LogP contribution in [0, 0.1) is 29.1 Å². The van der Waals surface area contributed by atoms with Gasteiger partial charge in [0, 0.05) is 23.8 Å². The predicted molar refractivity (Wildman–Crippen MR) is 86.3 cm³/mol. The number of ether oxygens (including phenoxy) is 1. The van der Waals surface area contributed by atoms with E-state index in [-0.39, 0.29) is 11.4 Å². The highest BCUT2D eigenvalue weighted by atomic mass is 19.2. The lowest BCUT2D eigenvalue weighted by Gasteiger charge is -2.14. The number of rotatable bonds is 5. The van der Waals surface area contributed by atoms with Gasteiger partial charge in [-0.15, -0.1) is 0 Å². The van der Waals surface area contributed by atoms with E-state index in [0.717, 1.165) is 18.2 Å². The van der Waals surface area contributed by atoms with Crippen molar-refractivity contribution in [3.05, 3.63) is 87.2 Å². The van der Waals surface area contributed by atoms with Crippen molar-refractivity contribution in [2.24, 2.45) is 0 Å². The van der Waals surface area contributed by atoms with Gasteiger partial charge in [-0.25, -0.2) is 22.0 Å². The van der Waals surface area contributed by atoms with Crippen LogP contribution < -0.4 is 10.3 Å². The van der Waals surface area contributed by atoms with E-state index in [9.17, 15) is 31.9 Å². The maximum Gasteiger partial charge on any atom is 0.262 e. The molecule has 0 bridgehead atoms. The van der Waals surface area contributed by atoms with E-state index in [1.165, 1.54) is 0 Å². The fraction of sp³-hybridized carbons (Fsp3) is 0.111. The molecule has 3 aromatic rings. The van der Waals surface area contributed by atoms with Crippen LogP contribution in [0.5, 0.6) is 5.88 Å². The molecule has 0 unspecified atom stereocenters. The van der Waals surface area contributed by atoms with Crippen LogP contribution in [0.15, 0.2) is 41.2 Å². The Kier molecular flexibility index (Phi) is 5.41. The average molecular weight is 398 g/mol. The molecule has 0 atom stereocenters. The molecule has 0 spiro atoms. The molecule has 1 aromatic heterocycles. The first-order valence-corrected chi connectivity index (χ1v) is 7.75. The Morgan fingerprint density at radius 3 is 2.18 bits per heavy atom. The maximum absolute atomic E-state index is 14.0. The van der Waals surface area contributed by atoms with Gasteiger partial charge in [0.25, 0.3) is 5.56 Å². The smallest absolute Gasteiger partial charge is 0.262 e. The summed E-state index contributed by atoms with van der Waals surface area (Å²) in [6, 6.07) is 4.27. The highest BCUT2D eigenvalue weighted by Crippen LogP contribution is 2.20. The largest absolute Gasteiger partial charge is 0.472 e. The quantitative estimate of drug-likeness (QED) is 0.672. The molecule has 28 heavy (non-hydrogen) atoms. The van der Waals surface area contributed by atoms with Crippen molar-refractivity contribution >= 4 is 0 Å². The first-order chi connectivity index (χ1) is 13.3. The zero-order valence-electron chi connectivity index (χ0n) is 13.9. The summed E-state index contributed by atoms with van der Waals surface area (Å²) < 4.78 is 73.2. The summed E-state index contributed by atoms with van der Waals surface area (Å²) in [6.45, 7) is -1.33. The Hall–Kier alpha value is -3.27. The van der Waals surface area contributed by atoms with E-state index >= 15 is 0 Å². The molecule has 0 saturated heterocycles. The lowest BCUT2D eigenvalue weighted by Crippen LogP contribution is -2.25. The van der Waals surface area contributed by atoms with Gasteiger partial charge in [0.1, 0.15) is 42.2 Å². The summed E-state index contributed by atoms with van der Waals surface area (Å²) in [6.07, 6.45) is 0. The van der Waals surface area contributed by atoms with Gasteiger partial charge in [0.2, 0.25) is 5.88 Å². The molecule has 3 rings (SSSR count). The molecule has 146 valence electrons. The van der Waals surface area contributed by atoms with Crippen molar-refractivity contribution in [1.29, 1.82) is 0 Å². The van der Waals surface area contributed by atoms with Crippen molar-refractivity contribution in [3.63, 3.8) is 0 Å². The zero-order chi connectivity index (χ0) is 20.4. The summed E-state index contributed by atoms with van der Waals surface area (Å²) >= 11 is 0. The standard InChI is InChI=1S/C18H11F5N2O3/c19-10-2-1-9(12(21)3-10)8-28-16-6-17(27)25(15(7-26)24-16)18-13(22)4-11(20)5-14(18)23/h1-6,26H,7-8H2. The molecule has 0 fully saturated rings. The Bertz CT molecular complexity index is 1080. The minimum Gasteiger partial charge on any atom is -0.472 e. The molecule has 0 amide bonds. The molecular weight excluding hydrogens is 387 g/mol. The van der Waals surface area contributed by atoms with Gasteiger partial charge in [0.15, 0.2) is 11.6 Å². The number of aliphatic hydroxyl groups is 1. The second-order valence-electron chi connectivity index (χ2n) is 5.58. The lowest BCUT2D eigenvalue weighted by molar-refractivity contribution is 0.254. The van der Waals surface area contributed by atoms with Crippen molar-refractivity contribution in [2.75, 3.05) is 0 Å². The Labute approximate surface area is 154 Å². The highest BCUT2D eigenvalue weighted by molar-refractivity contribution is 5.37. The van der Waals surface area contributed by atoms with Crippen LogP contribution in [-0.2, 0) is 13.2 Å². The Morgan fingerprint density at radius 1 is 0.929 bits per heavy atom. The highest BCUT2D eigenvalue weighted by Gasteiger charge is 2.19. The Morgan fingerprint density at radius 2 is 1.57 bits per heavy atom. The first kappa shape index (κ1) is 19.5. The van der Waals surface area contributed by atoms with Crippen molar-refractivity contribution in [3.8, 4) is 11.6 Å². The molecule has 0 aliphatic rings. The number of hydrogen-bond donors (Lipinski definition) is 1. The molecule has 2 aromatic carbocycles. The summed E-state index contributed by atoms with van der Waals surface area (Å²) in [5.41, 5.74) is -1.98. The third kappa shape index (κ3) is 3.86. The number of aliphatic hydroxyl groups excluding tert-OH is 1. The van der Waals surface area contributed by atoms with Gasteiger partial charge in [-0.3, -0.25) is 9.36 Å². The molecule has 0 saturated carbocycles. The van der Waals surface area contributed by atoms with Crippen molar-refractivity contribution < 1.29 is 31.8 Å². The predicted octanol–water partition coefficient (Wildman–Crippen LogP) is 3.00. The molecule has 0 aliphatic heterocycles. The molecule has 5 nitrogen and oxygen atoms in total. The van der Waals surface area contributed by atoms with Crippen LogP contribution in [0.25, 0.3) is 5.69 Å². The first-order valence-electron chi connectivity index (χ1n) is 7.75. The average Bonchev–Trinajstić information content (AvgIpc) is 2.61. The zero-order valence-corrected chi connectivity index (χ0v) is 13.9. The summed E-state index contributed by atoms with van der Waals surface area (Å²) in [7, 11) is 0. The summed E-state index contributed by atoms with van der Waals surface area (Å²) in [5.74, 6) is -6.47. The fourth-order valence-corrected chi connectivity index (χ4v) is 2.46. The fourth-order valence-electron chi connectivity index (χ4n) is 2.46. The topological polar surface area (TPSA) is 64.3 Å². The molecule has 1 N–H and O–H groups in total. The van der Waals surface area contributed by atoms with E-state index in [0.29, 0.717) is 22.8 Å². The van der Waals surface area contributed by atoms with Gasteiger partial charge >= 0.3 is 0 Å². The molecule has 0 radical (unpaired) electrons. The van der Waals surface area contributed by atoms with Crippen LogP contribution in [-0.4, -0.2) is 14.7 Å². The van der Waals surface area contributed by atoms with Crippen LogP contribution in [0.4, 0.5) is 22.0 Å². The van der Waals surface area contributed by atoms with Gasteiger partial charge in [-0.2, -0.15) is 4.98 Å². The lowest BCUT2D eigenvalue weighted by atomic mass is 10.2. The number of halogens is 5. The number of hydrogen-bond acceptors (Lipinski definition) is 4. The normalized spacial score (nSPS) is 10.9. The van der Waals surface area contributed by atoms with E-state index in [1.54, 1.807) is 0 Å². The minimum atomic E-state index is -1.38. The third-order valence-electron chi connectivity index (χ3n) is 3.70. The monoisotopic (exact) mass is 398 g/mol. The van der Waals surface area contributed by atoms with Crippen LogP contribution >= 0.6 is 0 Å². The molecule has 0 aliphatic carbocycles. The van der Waals surface area contributed by atoms with Crippen molar-refractivity contribution in [1.82, 2.24) is 9.55 Å². The van der Waals surface area contributed by atoms with E-state index in [4.69, 9.17) is 4.74 Å². The molecule has 1 heterocycles. The van der Waals surface area contributed by atoms with E-state index < -0.39 is 59.4 Å². The number of benzene rings is 2. The molecular formula is C18H11F5N2O3. The number of aromatic nitrogens is 2. The van der Waals surface area contributed by atoms with Gasteiger partial charge < -0.3 is 9.84 Å². The molecule has 10 heteroatoms. The summed E-state index contributed by atoms with van der Waals surface area (Å²) in [4.78, 5) is 16.1. The second kappa shape index (κ2) is 7.77. The van der Waals surface area contributed by atoms with Crippen LogP contribution in [0.1, 0.15) is 11.4 Å². The van der Waals surface area contributed by atoms with E-state index in [2.05, 4.69) is 4.98 Å². The summed E-state index contributed by atoms with van der Waals surface area (Å²) in [5, 5.41) is 9.43. The second-order valence-corrected chi connectivity index (χ2v) is 5.58. The van der Waals surface area contributed by atoms with Gasteiger partial charge in [-0.1, -0.05) is 0 Å². The maximum atomic E-state index is 14.0. The number of nitrogens with zero attached hydrogens (tertiary/aromatic N) is 2. The van der Waals surface area contributed by atoms with Crippen LogP contribution in [0.3, 0.4) is 0 Å². The van der Waals surface area contributed by atoms with Crippen LogP contribution in [0.2, 0.25) is 0 Å². The van der Waals surface area contributed by atoms with E-state index in [1.807, 2.05) is 0 Å².